The van der Waals surface area contributed by atoms with Gasteiger partial charge < -0.3 is 0 Å². The molecule has 0 saturated carbocycles. The number of benzene rings is 1. The monoisotopic (exact) mass is 291 g/mol. The maximum Gasteiger partial charge on any atom is 0.261 e. The van der Waals surface area contributed by atoms with E-state index in [2.05, 4.69) is 11.8 Å². The van der Waals surface area contributed by atoms with Crippen molar-refractivity contribution in [1.82, 2.24) is 4.90 Å². The summed E-state index contributed by atoms with van der Waals surface area (Å²) in [5, 5.41) is 0. The fourth-order valence-electron chi connectivity index (χ4n) is 2.07. The van der Waals surface area contributed by atoms with E-state index in [1.165, 1.54) is 4.90 Å². The molecule has 0 aliphatic carbocycles. The summed E-state index contributed by atoms with van der Waals surface area (Å²) in [5.74, 6) is 1.65. The lowest BCUT2D eigenvalue weighted by Crippen LogP contribution is -2.30. The predicted molar refractivity (Wildman–Crippen MR) is 74.1 cm³/mol. The fourth-order valence-corrected chi connectivity index (χ4v) is 2.07. The molecule has 0 bridgehead atoms. The Kier molecular flexibility index (Phi) is 4.37. The first-order valence-electron chi connectivity index (χ1n) is 6.69. The lowest BCUT2D eigenvalue weighted by molar-refractivity contribution is 0.0278. The fraction of sp³-hybridized carbons (Fsp3) is 0.375. The van der Waals surface area contributed by atoms with E-state index in [1.54, 1.807) is 24.3 Å². The van der Waals surface area contributed by atoms with Crippen LogP contribution in [0.1, 0.15) is 46.9 Å². The number of halogens is 2. The van der Waals surface area contributed by atoms with Gasteiger partial charge in [0, 0.05) is 19.9 Å². The van der Waals surface area contributed by atoms with Gasteiger partial charge in [-0.1, -0.05) is 18.1 Å². The van der Waals surface area contributed by atoms with E-state index in [-0.39, 0.29) is 18.4 Å². The van der Waals surface area contributed by atoms with Gasteiger partial charge in [0.25, 0.3) is 17.7 Å². The third kappa shape index (κ3) is 3.66. The highest BCUT2D eigenvalue weighted by molar-refractivity contribution is 6.21. The number of carbonyl (C=O) groups excluding carboxylic acids is 2. The summed E-state index contributed by atoms with van der Waals surface area (Å²) in [5.41, 5.74) is 0.832. The second-order valence-corrected chi connectivity index (χ2v) is 5.01. The van der Waals surface area contributed by atoms with Gasteiger partial charge in [-0.2, -0.15) is 0 Å². The van der Waals surface area contributed by atoms with Crippen LogP contribution in [0.2, 0.25) is 0 Å². The molecule has 0 N–H and O–H groups in total. The molecule has 0 saturated heterocycles. The number of alkyl halides is 2. The highest BCUT2D eigenvalue weighted by Gasteiger charge is 2.34. The zero-order chi connectivity index (χ0) is 15.5. The number of imide groups is 1. The van der Waals surface area contributed by atoms with E-state index in [0.29, 0.717) is 24.0 Å². The third-order valence-corrected chi connectivity index (χ3v) is 3.09. The van der Waals surface area contributed by atoms with Crippen LogP contribution in [0.4, 0.5) is 8.78 Å². The van der Waals surface area contributed by atoms with Crippen LogP contribution in [0.25, 0.3) is 0 Å². The van der Waals surface area contributed by atoms with Gasteiger partial charge in [-0.3, -0.25) is 14.5 Å². The Bertz CT molecular complexity index is 588. The molecule has 0 atom stereocenters. The van der Waals surface area contributed by atoms with Gasteiger partial charge in [0.2, 0.25) is 0 Å². The van der Waals surface area contributed by atoms with E-state index < -0.39 is 12.3 Å². The summed E-state index contributed by atoms with van der Waals surface area (Å²) in [4.78, 5) is 25.2. The molecular weight excluding hydrogens is 276 g/mol. The van der Waals surface area contributed by atoms with Crippen molar-refractivity contribution < 1.29 is 18.4 Å². The van der Waals surface area contributed by atoms with Crippen LogP contribution in [-0.2, 0) is 0 Å². The Morgan fingerprint density at radius 2 is 1.67 bits per heavy atom. The van der Waals surface area contributed by atoms with Crippen molar-refractivity contribution in [3.63, 3.8) is 0 Å². The predicted octanol–water partition coefficient (Wildman–Crippen LogP) is 3.11. The molecule has 1 aromatic rings. The second-order valence-electron chi connectivity index (χ2n) is 5.01. The summed E-state index contributed by atoms with van der Waals surface area (Å²) in [6.45, 7) is 1.07. The van der Waals surface area contributed by atoms with E-state index in [0.717, 1.165) is 6.92 Å². The number of hydrogen-bond donors (Lipinski definition) is 0. The van der Waals surface area contributed by atoms with E-state index in [9.17, 15) is 18.4 Å². The van der Waals surface area contributed by atoms with Crippen LogP contribution < -0.4 is 0 Å². The third-order valence-electron chi connectivity index (χ3n) is 3.09. The number of hydrogen-bond acceptors (Lipinski definition) is 2. The first kappa shape index (κ1) is 15.2. The maximum atomic E-state index is 12.5. The summed E-state index contributed by atoms with van der Waals surface area (Å²) >= 11 is 0. The number of nitrogens with zero attached hydrogens (tertiary/aromatic N) is 1. The van der Waals surface area contributed by atoms with Crippen molar-refractivity contribution >= 4 is 11.8 Å². The number of fused-ring (bicyclic) bond motifs is 1. The molecule has 3 nitrogen and oxygen atoms in total. The van der Waals surface area contributed by atoms with Crippen LogP contribution >= 0.6 is 0 Å². The van der Waals surface area contributed by atoms with Gasteiger partial charge in [-0.15, -0.1) is 5.92 Å². The maximum absolute atomic E-state index is 12.5. The molecule has 1 aliphatic heterocycles. The van der Waals surface area contributed by atoms with Gasteiger partial charge in [-0.05, 0) is 18.6 Å². The largest absolute Gasteiger partial charge is 0.274 e. The molecule has 2 rings (SSSR count). The molecule has 1 aromatic carbocycles. The molecule has 0 spiro atoms. The van der Waals surface area contributed by atoms with Crippen molar-refractivity contribution in [2.75, 3.05) is 6.54 Å². The molecule has 0 fully saturated rings. The Morgan fingerprint density at radius 3 is 2.19 bits per heavy atom. The Balaban J connectivity index is 1.86. The first-order chi connectivity index (χ1) is 9.90. The molecule has 1 heterocycles. The standard InChI is InChI=1S/C16H15F2NO2/c1-16(17,18)10-6-2-3-7-11-19-14(20)12-8-4-5-9-13(12)15(19)21/h4-5,8-9H,3,7,10-11H2,1H3. The van der Waals surface area contributed by atoms with Crippen molar-refractivity contribution in [2.45, 2.75) is 32.1 Å². The summed E-state index contributed by atoms with van der Waals surface area (Å²) in [7, 11) is 0. The van der Waals surface area contributed by atoms with Gasteiger partial charge in [-0.25, -0.2) is 8.78 Å². The molecule has 1 aliphatic rings. The number of unbranched alkanes of at least 4 members (excludes halogenated alkanes) is 1. The molecule has 0 radical (unpaired) electrons. The SMILES string of the molecule is CC(F)(F)CC#CCCCN1C(=O)c2ccccc2C1=O. The quantitative estimate of drug-likeness (QED) is 0.485. The average molecular weight is 291 g/mol. The van der Waals surface area contributed by atoms with Gasteiger partial charge in [0.15, 0.2) is 0 Å². The molecular formula is C16H15F2NO2. The second kappa shape index (κ2) is 6.04. The van der Waals surface area contributed by atoms with E-state index >= 15 is 0 Å². The van der Waals surface area contributed by atoms with Crippen LogP contribution in [-0.4, -0.2) is 29.2 Å². The summed E-state index contributed by atoms with van der Waals surface area (Å²) in [6, 6.07) is 6.67. The average Bonchev–Trinajstić information content (AvgIpc) is 2.66. The lowest BCUT2D eigenvalue weighted by atomic mass is 10.1. The summed E-state index contributed by atoms with van der Waals surface area (Å²) < 4.78 is 25.1. The minimum absolute atomic E-state index is 0.254. The van der Waals surface area contributed by atoms with Crippen molar-refractivity contribution in [3.8, 4) is 11.8 Å². The highest BCUT2D eigenvalue weighted by Crippen LogP contribution is 2.22. The Labute approximate surface area is 121 Å². The van der Waals surface area contributed by atoms with Crippen LogP contribution in [0.5, 0.6) is 0 Å². The lowest BCUT2D eigenvalue weighted by Gasteiger charge is -2.12. The molecule has 2 amide bonds. The van der Waals surface area contributed by atoms with Gasteiger partial charge in [0.1, 0.15) is 0 Å². The number of carbonyl (C=O) groups is 2. The smallest absolute Gasteiger partial charge is 0.261 e. The van der Waals surface area contributed by atoms with Crippen LogP contribution in [0.3, 0.4) is 0 Å². The van der Waals surface area contributed by atoms with Crippen molar-refractivity contribution in [2.24, 2.45) is 0 Å². The van der Waals surface area contributed by atoms with Crippen LogP contribution in [0, 0.1) is 11.8 Å². The normalized spacial score (nSPS) is 14.0. The molecule has 21 heavy (non-hydrogen) atoms. The van der Waals surface area contributed by atoms with Crippen molar-refractivity contribution in [3.05, 3.63) is 35.4 Å². The Morgan fingerprint density at radius 1 is 1.10 bits per heavy atom. The minimum Gasteiger partial charge on any atom is -0.274 e. The summed E-state index contributed by atoms with van der Waals surface area (Å²) in [6.07, 6.45) is 0.386. The molecule has 0 unspecified atom stereocenters. The zero-order valence-electron chi connectivity index (χ0n) is 11.7. The number of amides is 2. The van der Waals surface area contributed by atoms with Gasteiger partial charge in [0.05, 0.1) is 17.5 Å². The van der Waals surface area contributed by atoms with Crippen LogP contribution in [0.15, 0.2) is 24.3 Å². The van der Waals surface area contributed by atoms with E-state index in [1.807, 2.05) is 0 Å². The first-order valence-corrected chi connectivity index (χ1v) is 6.69. The van der Waals surface area contributed by atoms with Gasteiger partial charge >= 0.3 is 0 Å². The van der Waals surface area contributed by atoms with Crippen molar-refractivity contribution in [1.29, 1.82) is 0 Å². The highest BCUT2D eigenvalue weighted by atomic mass is 19.3. The molecule has 0 aromatic heterocycles. The number of rotatable bonds is 4. The Hall–Kier alpha value is -2.22. The molecule has 110 valence electrons. The minimum atomic E-state index is -2.78. The molecule has 5 heteroatoms. The van der Waals surface area contributed by atoms with E-state index in [4.69, 9.17) is 0 Å². The zero-order valence-corrected chi connectivity index (χ0v) is 11.7. The topological polar surface area (TPSA) is 37.4 Å².